The lowest BCUT2D eigenvalue weighted by Gasteiger charge is -2.38. The molecule has 0 aliphatic carbocycles. The molecule has 1 aromatic carbocycles. The molecule has 1 unspecified atom stereocenters. The monoisotopic (exact) mass is 264 g/mol. The molecule has 0 amide bonds. The lowest BCUT2D eigenvalue weighted by atomic mass is 10.1. The maximum absolute atomic E-state index is 13.7. The average Bonchev–Trinajstić information content (AvgIpc) is 2.46. The van der Waals surface area contributed by atoms with Crippen molar-refractivity contribution >= 4 is 11.5 Å². The molecule has 1 atom stereocenters. The second-order valence-electron chi connectivity index (χ2n) is 4.97. The maximum Gasteiger partial charge on any atom is 0.149 e. The molecule has 1 heterocycles. The minimum atomic E-state index is -0.173. The molecule has 0 aromatic heterocycles. The summed E-state index contributed by atoms with van der Waals surface area (Å²) in [5.41, 5.74) is 0.664. The van der Waals surface area contributed by atoms with Crippen molar-refractivity contribution in [3.05, 3.63) is 30.1 Å². The molecule has 1 fully saturated rings. The predicted octanol–water partition coefficient (Wildman–Crippen LogP) is 2.32. The highest BCUT2D eigenvalue weighted by molar-refractivity contribution is 5.83. The van der Waals surface area contributed by atoms with Gasteiger partial charge in [-0.15, -0.1) is 0 Å². The molecular formula is C15H21FN2O. The number of anilines is 1. The summed E-state index contributed by atoms with van der Waals surface area (Å²) in [6, 6.07) is 6.84. The summed E-state index contributed by atoms with van der Waals surface area (Å²) in [6.45, 7) is 7.01. The van der Waals surface area contributed by atoms with Crippen molar-refractivity contribution in [3.63, 3.8) is 0 Å². The minimum Gasteiger partial charge on any atom is -0.367 e. The zero-order valence-electron chi connectivity index (χ0n) is 11.6. The van der Waals surface area contributed by atoms with Crippen LogP contribution in [0.4, 0.5) is 10.1 Å². The number of halogens is 1. The van der Waals surface area contributed by atoms with Gasteiger partial charge in [-0.25, -0.2) is 4.39 Å². The smallest absolute Gasteiger partial charge is 0.149 e. The Hall–Kier alpha value is -1.42. The van der Waals surface area contributed by atoms with E-state index in [4.69, 9.17) is 0 Å². The van der Waals surface area contributed by atoms with E-state index in [1.807, 2.05) is 26.0 Å². The molecular weight excluding hydrogens is 243 g/mol. The molecule has 1 saturated heterocycles. The van der Waals surface area contributed by atoms with Crippen LogP contribution >= 0.6 is 0 Å². The highest BCUT2D eigenvalue weighted by Crippen LogP contribution is 2.20. The quantitative estimate of drug-likeness (QED) is 0.834. The number of hydrogen-bond acceptors (Lipinski definition) is 3. The number of carbonyl (C=O) groups is 1. The molecule has 0 spiro atoms. The van der Waals surface area contributed by atoms with Crippen LogP contribution < -0.4 is 4.90 Å². The van der Waals surface area contributed by atoms with Crippen molar-refractivity contribution in [2.75, 3.05) is 31.1 Å². The van der Waals surface area contributed by atoms with Crippen molar-refractivity contribution in [3.8, 4) is 0 Å². The van der Waals surface area contributed by atoms with E-state index in [0.717, 1.165) is 26.2 Å². The number of carbonyl (C=O) groups excluding carboxylic acids is 1. The van der Waals surface area contributed by atoms with E-state index in [-0.39, 0.29) is 17.6 Å². The summed E-state index contributed by atoms with van der Waals surface area (Å²) in [7, 11) is 0. The van der Waals surface area contributed by atoms with Gasteiger partial charge in [0.05, 0.1) is 11.7 Å². The van der Waals surface area contributed by atoms with Gasteiger partial charge in [0.25, 0.3) is 0 Å². The van der Waals surface area contributed by atoms with Crippen molar-refractivity contribution < 1.29 is 9.18 Å². The van der Waals surface area contributed by atoms with Gasteiger partial charge in [0, 0.05) is 32.6 Å². The highest BCUT2D eigenvalue weighted by atomic mass is 19.1. The van der Waals surface area contributed by atoms with Crippen molar-refractivity contribution in [1.29, 1.82) is 0 Å². The summed E-state index contributed by atoms with van der Waals surface area (Å²) in [5.74, 6) is 0.105. The minimum absolute atomic E-state index is 0.0206. The Bertz CT molecular complexity index is 442. The van der Waals surface area contributed by atoms with Crippen LogP contribution in [0.25, 0.3) is 0 Å². The van der Waals surface area contributed by atoms with Crippen LogP contribution in [0.3, 0.4) is 0 Å². The molecule has 1 aliphatic rings. The van der Waals surface area contributed by atoms with E-state index < -0.39 is 0 Å². The van der Waals surface area contributed by atoms with Gasteiger partial charge < -0.3 is 4.90 Å². The van der Waals surface area contributed by atoms with Gasteiger partial charge >= 0.3 is 0 Å². The van der Waals surface area contributed by atoms with Crippen molar-refractivity contribution in [1.82, 2.24) is 4.90 Å². The van der Waals surface area contributed by atoms with Gasteiger partial charge in [-0.05, 0) is 19.1 Å². The number of ketones is 1. The van der Waals surface area contributed by atoms with Gasteiger partial charge in [0.1, 0.15) is 11.6 Å². The van der Waals surface area contributed by atoms with Crippen LogP contribution in [0, 0.1) is 5.82 Å². The number of Topliss-reactive ketones (excluding diaryl/α,β-unsaturated/α-hetero) is 1. The summed E-state index contributed by atoms with van der Waals surface area (Å²) >= 11 is 0. The van der Waals surface area contributed by atoms with Gasteiger partial charge in [-0.3, -0.25) is 9.69 Å². The third kappa shape index (κ3) is 3.13. The number of para-hydroxylation sites is 1. The molecule has 1 aromatic rings. The predicted molar refractivity (Wildman–Crippen MR) is 74.9 cm³/mol. The lowest BCUT2D eigenvalue weighted by molar-refractivity contribution is -0.123. The Labute approximate surface area is 114 Å². The van der Waals surface area contributed by atoms with E-state index in [1.165, 1.54) is 6.07 Å². The second kappa shape index (κ2) is 6.15. The second-order valence-corrected chi connectivity index (χ2v) is 4.97. The van der Waals surface area contributed by atoms with E-state index in [0.29, 0.717) is 12.1 Å². The molecule has 4 heteroatoms. The lowest BCUT2D eigenvalue weighted by Crippen LogP contribution is -2.51. The van der Waals surface area contributed by atoms with Crippen LogP contribution in [0.15, 0.2) is 24.3 Å². The van der Waals surface area contributed by atoms with Gasteiger partial charge in [0.15, 0.2) is 0 Å². The fraction of sp³-hybridized carbons (Fsp3) is 0.533. The molecule has 2 rings (SSSR count). The number of nitrogens with zero attached hydrogens (tertiary/aromatic N) is 2. The highest BCUT2D eigenvalue weighted by Gasteiger charge is 2.25. The van der Waals surface area contributed by atoms with E-state index in [2.05, 4.69) is 9.80 Å². The molecule has 104 valence electrons. The summed E-state index contributed by atoms with van der Waals surface area (Å²) in [5, 5.41) is 0. The van der Waals surface area contributed by atoms with Crippen LogP contribution in [-0.4, -0.2) is 42.9 Å². The molecule has 0 radical (unpaired) electrons. The summed E-state index contributed by atoms with van der Waals surface area (Å²) in [4.78, 5) is 15.9. The Morgan fingerprint density at radius 2 is 1.89 bits per heavy atom. The molecule has 3 nitrogen and oxygen atoms in total. The standard InChI is InChI=1S/C15H21FN2O/c1-3-15(19)12(2)17-8-10-18(11-9-17)14-7-5-4-6-13(14)16/h4-7,12H,3,8-11H2,1-2H3. The van der Waals surface area contributed by atoms with E-state index in [9.17, 15) is 9.18 Å². The summed E-state index contributed by atoms with van der Waals surface area (Å²) in [6.07, 6.45) is 0.578. The SMILES string of the molecule is CCC(=O)C(C)N1CCN(c2ccccc2F)CC1. The third-order valence-corrected chi connectivity index (χ3v) is 3.87. The largest absolute Gasteiger partial charge is 0.367 e. The van der Waals surface area contributed by atoms with E-state index >= 15 is 0 Å². The third-order valence-electron chi connectivity index (χ3n) is 3.87. The average molecular weight is 264 g/mol. The van der Waals surface area contributed by atoms with Crippen LogP contribution in [0.5, 0.6) is 0 Å². The van der Waals surface area contributed by atoms with Crippen LogP contribution in [0.2, 0.25) is 0 Å². The first-order valence-electron chi connectivity index (χ1n) is 6.89. The van der Waals surface area contributed by atoms with Gasteiger partial charge in [0.2, 0.25) is 0 Å². The van der Waals surface area contributed by atoms with Crippen molar-refractivity contribution in [2.24, 2.45) is 0 Å². The summed E-state index contributed by atoms with van der Waals surface area (Å²) < 4.78 is 13.7. The zero-order valence-corrected chi connectivity index (χ0v) is 11.6. The topological polar surface area (TPSA) is 23.6 Å². The first-order chi connectivity index (χ1) is 9.13. The van der Waals surface area contributed by atoms with E-state index in [1.54, 1.807) is 6.07 Å². The maximum atomic E-state index is 13.7. The molecule has 0 N–H and O–H groups in total. The Morgan fingerprint density at radius 3 is 2.47 bits per heavy atom. The Balaban J connectivity index is 1.96. The van der Waals surface area contributed by atoms with Crippen LogP contribution in [0.1, 0.15) is 20.3 Å². The molecule has 1 aliphatic heterocycles. The Morgan fingerprint density at radius 1 is 1.26 bits per heavy atom. The van der Waals surface area contributed by atoms with Gasteiger partial charge in [-0.1, -0.05) is 19.1 Å². The Kier molecular flexibility index (Phi) is 4.53. The fourth-order valence-corrected chi connectivity index (χ4v) is 2.56. The molecule has 19 heavy (non-hydrogen) atoms. The molecule has 0 bridgehead atoms. The number of rotatable bonds is 4. The van der Waals surface area contributed by atoms with Crippen LogP contribution in [-0.2, 0) is 4.79 Å². The zero-order chi connectivity index (χ0) is 13.8. The van der Waals surface area contributed by atoms with Crippen molar-refractivity contribution in [2.45, 2.75) is 26.3 Å². The van der Waals surface area contributed by atoms with Gasteiger partial charge in [-0.2, -0.15) is 0 Å². The fourth-order valence-electron chi connectivity index (χ4n) is 2.56. The number of hydrogen-bond donors (Lipinski definition) is 0. The normalized spacial score (nSPS) is 18.4. The number of benzene rings is 1. The first kappa shape index (κ1) is 14.0. The molecule has 0 saturated carbocycles. The number of piperazine rings is 1. The first-order valence-corrected chi connectivity index (χ1v) is 6.89.